The lowest BCUT2D eigenvalue weighted by atomic mass is 9.99. The van der Waals surface area contributed by atoms with Crippen LogP contribution in [0.15, 0.2) is 73.3 Å². The fraction of sp³-hybridized carbons (Fsp3) is 0.391. The molecule has 2 aromatic carbocycles. The molecule has 1 saturated heterocycles. The zero-order chi connectivity index (χ0) is 20.5. The Bertz CT molecular complexity index is 721. The highest BCUT2D eigenvalue weighted by atomic mass is 16.7. The third-order valence-corrected chi connectivity index (χ3v) is 4.70. The van der Waals surface area contributed by atoms with E-state index < -0.39 is 30.7 Å². The van der Waals surface area contributed by atoms with E-state index in [1.165, 1.54) is 0 Å². The molecule has 6 nitrogen and oxygen atoms in total. The van der Waals surface area contributed by atoms with E-state index in [2.05, 4.69) is 6.58 Å². The second-order valence-electron chi connectivity index (χ2n) is 6.91. The molecular weight excluding hydrogens is 372 g/mol. The lowest BCUT2D eigenvalue weighted by Gasteiger charge is -2.42. The molecule has 156 valence electrons. The van der Waals surface area contributed by atoms with Crippen LogP contribution in [0.4, 0.5) is 0 Å². The second-order valence-corrected chi connectivity index (χ2v) is 6.91. The van der Waals surface area contributed by atoms with E-state index in [1.807, 2.05) is 60.7 Å². The molecule has 29 heavy (non-hydrogen) atoms. The third kappa shape index (κ3) is 6.21. The van der Waals surface area contributed by atoms with Crippen molar-refractivity contribution in [1.29, 1.82) is 0 Å². The molecular formula is C23H28O6. The number of hydrogen-bond acceptors (Lipinski definition) is 6. The molecule has 0 amide bonds. The van der Waals surface area contributed by atoms with Gasteiger partial charge in [0.1, 0.15) is 24.4 Å². The maximum Gasteiger partial charge on any atom is 0.187 e. The number of hydrogen-bond donors (Lipinski definition) is 2. The Hall–Kier alpha value is -2.06. The van der Waals surface area contributed by atoms with Gasteiger partial charge in [0, 0.05) is 0 Å². The van der Waals surface area contributed by atoms with E-state index in [-0.39, 0.29) is 19.8 Å². The highest BCUT2D eigenvalue weighted by Gasteiger charge is 2.45. The van der Waals surface area contributed by atoms with Gasteiger partial charge >= 0.3 is 0 Å². The summed E-state index contributed by atoms with van der Waals surface area (Å²) in [5, 5.41) is 21.2. The molecule has 1 aliphatic rings. The highest BCUT2D eigenvalue weighted by Crippen LogP contribution is 2.26. The minimum Gasteiger partial charge on any atom is -0.387 e. The fourth-order valence-electron chi connectivity index (χ4n) is 3.15. The summed E-state index contributed by atoms with van der Waals surface area (Å²) in [6, 6.07) is 19.3. The Labute approximate surface area is 171 Å². The van der Waals surface area contributed by atoms with Crippen molar-refractivity contribution in [1.82, 2.24) is 0 Å². The van der Waals surface area contributed by atoms with Gasteiger partial charge in [-0.15, -0.1) is 6.58 Å². The number of aliphatic hydroxyl groups is 2. The van der Waals surface area contributed by atoms with Crippen molar-refractivity contribution in [3.8, 4) is 0 Å². The van der Waals surface area contributed by atoms with Gasteiger partial charge in [-0.3, -0.25) is 0 Å². The van der Waals surface area contributed by atoms with Gasteiger partial charge in [0.25, 0.3) is 0 Å². The predicted molar refractivity (Wildman–Crippen MR) is 108 cm³/mol. The Morgan fingerprint density at radius 2 is 1.48 bits per heavy atom. The Kier molecular flexibility index (Phi) is 8.37. The molecule has 6 heteroatoms. The maximum absolute atomic E-state index is 10.7. The van der Waals surface area contributed by atoms with Crippen molar-refractivity contribution >= 4 is 0 Å². The largest absolute Gasteiger partial charge is 0.387 e. The van der Waals surface area contributed by atoms with Gasteiger partial charge in [-0.25, -0.2) is 0 Å². The molecule has 1 aliphatic heterocycles. The number of ether oxygens (including phenoxy) is 4. The minimum atomic E-state index is -1.17. The van der Waals surface area contributed by atoms with Crippen molar-refractivity contribution in [3.05, 3.63) is 84.4 Å². The molecule has 2 N–H and O–H groups in total. The van der Waals surface area contributed by atoms with E-state index in [4.69, 9.17) is 18.9 Å². The van der Waals surface area contributed by atoms with Crippen molar-refractivity contribution < 1.29 is 29.2 Å². The molecule has 0 radical (unpaired) electrons. The Morgan fingerprint density at radius 1 is 0.862 bits per heavy atom. The summed E-state index contributed by atoms with van der Waals surface area (Å²) in [6.45, 7) is 4.64. The quantitative estimate of drug-likeness (QED) is 0.597. The number of rotatable bonds is 10. The SMILES string of the molecule is C=CCO[C@H]1O[C@H](COCc2ccccc2)[C@@H](O)[C@H](O)[C@H]1OCc1ccccc1. The summed E-state index contributed by atoms with van der Waals surface area (Å²) < 4.78 is 23.1. The summed E-state index contributed by atoms with van der Waals surface area (Å²) in [7, 11) is 0. The predicted octanol–water partition coefficient (Wildman–Crippen LogP) is 2.44. The van der Waals surface area contributed by atoms with Crippen LogP contribution in [0.5, 0.6) is 0 Å². The zero-order valence-corrected chi connectivity index (χ0v) is 16.3. The van der Waals surface area contributed by atoms with Crippen LogP contribution < -0.4 is 0 Å². The van der Waals surface area contributed by atoms with E-state index in [9.17, 15) is 10.2 Å². The summed E-state index contributed by atoms with van der Waals surface area (Å²) in [5.74, 6) is 0. The van der Waals surface area contributed by atoms with Crippen LogP contribution in [0, 0.1) is 0 Å². The Morgan fingerprint density at radius 3 is 2.10 bits per heavy atom. The first-order valence-corrected chi connectivity index (χ1v) is 9.70. The first kappa shape index (κ1) is 21.6. The normalized spacial score (nSPS) is 26.9. The zero-order valence-electron chi connectivity index (χ0n) is 16.3. The average Bonchev–Trinajstić information content (AvgIpc) is 2.76. The van der Waals surface area contributed by atoms with Crippen LogP contribution in [0.25, 0.3) is 0 Å². The van der Waals surface area contributed by atoms with Crippen molar-refractivity contribution in [2.45, 2.75) is 43.9 Å². The maximum atomic E-state index is 10.7. The monoisotopic (exact) mass is 400 g/mol. The Balaban J connectivity index is 1.59. The van der Waals surface area contributed by atoms with E-state index in [0.717, 1.165) is 11.1 Å². The summed E-state index contributed by atoms with van der Waals surface area (Å²) in [6.07, 6.45) is -3.16. The van der Waals surface area contributed by atoms with Gasteiger partial charge in [-0.2, -0.15) is 0 Å². The lowest BCUT2D eigenvalue weighted by molar-refractivity contribution is -0.311. The second kappa shape index (κ2) is 11.2. The van der Waals surface area contributed by atoms with E-state index in [0.29, 0.717) is 6.61 Å². The van der Waals surface area contributed by atoms with Gasteiger partial charge in [0.2, 0.25) is 0 Å². The van der Waals surface area contributed by atoms with Gasteiger partial charge in [-0.05, 0) is 11.1 Å². The van der Waals surface area contributed by atoms with Crippen LogP contribution in [0.3, 0.4) is 0 Å². The van der Waals surface area contributed by atoms with Gasteiger partial charge in [0.15, 0.2) is 6.29 Å². The minimum absolute atomic E-state index is 0.118. The van der Waals surface area contributed by atoms with Crippen LogP contribution in [0.1, 0.15) is 11.1 Å². The molecule has 0 unspecified atom stereocenters. The molecule has 0 spiro atoms. The van der Waals surface area contributed by atoms with E-state index in [1.54, 1.807) is 6.08 Å². The summed E-state index contributed by atoms with van der Waals surface area (Å²) >= 11 is 0. The number of benzene rings is 2. The first-order chi connectivity index (χ1) is 14.2. The van der Waals surface area contributed by atoms with Gasteiger partial charge in [0.05, 0.1) is 26.4 Å². The van der Waals surface area contributed by atoms with Crippen LogP contribution >= 0.6 is 0 Å². The summed E-state index contributed by atoms with van der Waals surface area (Å²) in [5.41, 5.74) is 1.96. The number of aliphatic hydroxyl groups excluding tert-OH is 2. The molecule has 3 rings (SSSR count). The standard InChI is InChI=1S/C23H28O6/c1-2-13-27-23-22(28-15-18-11-7-4-8-12-18)21(25)20(24)19(29-23)16-26-14-17-9-5-3-6-10-17/h2-12,19-25H,1,13-16H2/t19-,20-,21+,22-,23+/m1/s1. The first-order valence-electron chi connectivity index (χ1n) is 9.70. The molecule has 5 atom stereocenters. The fourth-order valence-corrected chi connectivity index (χ4v) is 3.15. The summed E-state index contributed by atoms with van der Waals surface area (Å²) in [4.78, 5) is 0. The highest BCUT2D eigenvalue weighted by molar-refractivity contribution is 5.14. The smallest absolute Gasteiger partial charge is 0.187 e. The molecule has 0 aliphatic carbocycles. The van der Waals surface area contributed by atoms with Crippen molar-refractivity contribution in [2.24, 2.45) is 0 Å². The van der Waals surface area contributed by atoms with Gasteiger partial charge in [-0.1, -0.05) is 66.7 Å². The van der Waals surface area contributed by atoms with Crippen LogP contribution in [-0.4, -0.2) is 54.1 Å². The molecule has 2 aromatic rings. The molecule has 0 bridgehead atoms. The third-order valence-electron chi connectivity index (χ3n) is 4.70. The molecule has 1 heterocycles. The van der Waals surface area contributed by atoms with Crippen LogP contribution in [-0.2, 0) is 32.2 Å². The molecule has 1 fully saturated rings. The molecule has 0 aromatic heterocycles. The van der Waals surface area contributed by atoms with Gasteiger partial charge < -0.3 is 29.2 Å². The van der Waals surface area contributed by atoms with Crippen molar-refractivity contribution in [3.63, 3.8) is 0 Å². The lowest BCUT2D eigenvalue weighted by Crippen LogP contribution is -2.60. The van der Waals surface area contributed by atoms with Crippen molar-refractivity contribution in [2.75, 3.05) is 13.2 Å². The van der Waals surface area contributed by atoms with E-state index >= 15 is 0 Å². The topological polar surface area (TPSA) is 77.4 Å². The molecule has 0 saturated carbocycles. The average molecular weight is 400 g/mol. The van der Waals surface area contributed by atoms with Crippen LogP contribution in [0.2, 0.25) is 0 Å².